The smallest absolute Gasteiger partial charge is 0.236 e. The van der Waals surface area contributed by atoms with Crippen molar-refractivity contribution in [2.75, 3.05) is 20.1 Å². The number of carbonyl (C=O) groups excluding carboxylic acids is 1. The lowest BCUT2D eigenvalue weighted by molar-refractivity contribution is -0.131. The molecule has 0 spiro atoms. The molecule has 2 heterocycles. The van der Waals surface area contributed by atoms with Crippen LogP contribution in [0.4, 0.5) is 0 Å². The van der Waals surface area contributed by atoms with Gasteiger partial charge in [0.25, 0.3) is 0 Å². The highest BCUT2D eigenvalue weighted by atomic mass is 32.1. The van der Waals surface area contributed by atoms with Crippen LogP contribution in [-0.4, -0.2) is 35.8 Å². The van der Waals surface area contributed by atoms with Crippen molar-refractivity contribution in [3.63, 3.8) is 0 Å². The predicted octanol–water partition coefficient (Wildman–Crippen LogP) is 4.16. The first kappa shape index (κ1) is 17.2. The third kappa shape index (κ3) is 4.05. The van der Waals surface area contributed by atoms with Gasteiger partial charge in [-0.05, 0) is 50.2 Å². The average molecular weight is 343 g/mol. The minimum absolute atomic E-state index is 0.208. The number of amides is 1. The quantitative estimate of drug-likeness (QED) is 0.814. The Morgan fingerprint density at radius 3 is 2.71 bits per heavy atom. The van der Waals surface area contributed by atoms with E-state index in [-0.39, 0.29) is 5.91 Å². The molecule has 1 aromatic heterocycles. The molecule has 0 saturated carbocycles. The Morgan fingerprint density at radius 1 is 1.29 bits per heavy atom. The van der Waals surface area contributed by atoms with Crippen LogP contribution in [0.2, 0.25) is 0 Å². The van der Waals surface area contributed by atoms with Gasteiger partial charge in [0.05, 0.1) is 13.1 Å². The summed E-state index contributed by atoms with van der Waals surface area (Å²) in [5.74, 6) is 0.208. The molecule has 1 aliphatic heterocycles. The second kappa shape index (κ2) is 7.49. The Balaban J connectivity index is 1.66. The minimum atomic E-state index is 0.208. The van der Waals surface area contributed by atoms with Crippen molar-refractivity contribution in [1.82, 2.24) is 9.80 Å². The zero-order valence-corrected chi connectivity index (χ0v) is 15.6. The van der Waals surface area contributed by atoms with E-state index in [1.54, 1.807) is 11.3 Å². The third-order valence-electron chi connectivity index (χ3n) is 4.73. The van der Waals surface area contributed by atoms with Crippen molar-refractivity contribution in [2.45, 2.75) is 39.3 Å². The molecule has 0 bridgehead atoms. The molecule has 1 atom stereocenters. The maximum Gasteiger partial charge on any atom is 0.236 e. The lowest BCUT2D eigenvalue weighted by atomic mass is 9.99. The van der Waals surface area contributed by atoms with Crippen LogP contribution in [0, 0.1) is 13.8 Å². The Bertz CT molecular complexity index is 675. The summed E-state index contributed by atoms with van der Waals surface area (Å²) >= 11 is 1.70. The van der Waals surface area contributed by atoms with E-state index in [0.717, 1.165) is 13.0 Å². The van der Waals surface area contributed by atoms with Gasteiger partial charge in [-0.2, -0.15) is 0 Å². The van der Waals surface area contributed by atoms with E-state index in [1.807, 2.05) is 18.0 Å². The molecule has 4 heteroatoms. The number of aryl methyl sites for hydroxylation is 2. The summed E-state index contributed by atoms with van der Waals surface area (Å²) in [7, 11) is 1.91. The summed E-state index contributed by atoms with van der Waals surface area (Å²) in [6.45, 7) is 6.53. The van der Waals surface area contributed by atoms with E-state index in [1.165, 1.54) is 28.0 Å². The van der Waals surface area contributed by atoms with E-state index < -0.39 is 0 Å². The van der Waals surface area contributed by atoms with E-state index >= 15 is 0 Å². The number of thiophene rings is 1. The molecule has 1 aromatic carbocycles. The van der Waals surface area contributed by atoms with Crippen LogP contribution < -0.4 is 0 Å². The standard InChI is InChI=1S/C20H26N2OS/c1-15-10-16(2)12-17(11-15)19-7-4-8-22(19)14-20(23)21(3)13-18-6-5-9-24-18/h5-6,9-12,19H,4,7-8,13-14H2,1-3H3. The van der Waals surface area contributed by atoms with Crippen LogP contribution in [-0.2, 0) is 11.3 Å². The van der Waals surface area contributed by atoms with E-state index in [0.29, 0.717) is 19.1 Å². The first-order valence-corrected chi connectivity index (χ1v) is 9.49. The number of hydrogen-bond acceptors (Lipinski definition) is 3. The molecule has 1 saturated heterocycles. The van der Waals surface area contributed by atoms with Crippen molar-refractivity contribution < 1.29 is 4.79 Å². The summed E-state index contributed by atoms with van der Waals surface area (Å²) in [5.41, 5.74) is 3.97. The van der Waals surface area contributed by atoms with Gasteiger partial charge in [0.15, 0.2) is 0 Å². The van der Waals surface area contributed by atoms with Gasteiger partial charge in [0, 0.05) is 18.0 Å². The highest BCUT2D eigenvalue weighted by Crippen LogP contribution is 2.32. The Hall–Kier alpha value is -1.65. The summed E-state index contributed by atoms with van der Waals surface area (Å²) in [4.78, 5) is 18.1. The highest BCUT2D eigenvalue weighted by Gasteiger charge is 2.28. The normalized spacial score (nSPS) is 18.0. The van der Waals surface area contributed by atoms with Gasteiger partial charge < -0.3 is 4.90 Å². The van der Waals surface area contributed by atoms with Crippen LogP contribution in [0.5, 0.6) is 0 Å². The lowest BCUT2D eigenvalue weighted by Crippen LogP contribution is -2.37. The maximum absolute atomic E-state index is 12.6. The molecule has 2 aromatic rings. The highest BCUT2D eigenvalue weighted by molar-refractivity contribution is 7.09. The SMILES string of the molecule is Cc1cc(C)cc(C2CCCN2CC(=O)N(C)Cc2cccs2)c1. The summed E-state index contributed by atoms with van der Waals surface area (Å²) in [5, 5.41) is 2.06. The number of hydrogen-bond donors (Lipinski definition) is 0. The Kier molecular flexibility index (Phi) is 5.36. The van der Waals surface area contributed by atoms with E-state index in [4.69, 9.17) is 0 Å². The van der Waals surface area contributed by atoms with Gasteiger partial charge in [0.2, 0.25) is 5.91 Å². The summed E-state index contributed by atoms with van der Waals surface area (Å²) in [6.07, 6.45) is 2.31. The fraction of sp³-hybridized carbons (Fsp3) is 0.450. The van der Waals surface area contributed by atoms with E-state index in [2.05, 4.69) is 48.4 Å². The fourth-order valence-corrected chi connectivity index (χ4v) is 4.37. The van der Waals surface area contributed by atoms with Crippen molar-refractivity contribution in [3.05, 3.63) is 57.3 Å². The molecule has 1 amide bonds. The molecule has 3 nitrogen and oxygen atoms in total. The Labute approximate surface area is 148 Å². The lowest BCUT2D eigenvalue weighted by Gasteiger charge is -2.27. The van der Waals surface area contributed by atoms with Gasteiger partial charge >= 0.3 is 0 Å². The number of rotatable bonds is 5. The molecular weight excluding hydrogens is 316 g/mol. The van der Waals surface area contributed by atoms with Gasteiger partial charge in [-0.1, -0.05) is 35.4 Å². The molecule has 1 aliphatic rings. The second-order valence-electron chi connectivity index (χ2n) is 6.88. The van der Waals surface area contributed by atoms with Gasteiger partial charge in [-0.3, -0.25) is 9.69 Å². The number of nitrogens with zero attached hydrogens (tertiary/aromatic N) is 2. The number of carbonyl (C=O) groups is 1. The van der Waals surface area contributed by atoms with Crippen LogP contribution >= 0.6 is 11.3 Å². The average Bonchev–Trinajstić information content (AvgIpc) is 3.17. The van der Waals surface area contributed by atoms with Gasteiger partial charge in [0.1, 0.15) is 0 Å². The van der Waals surface area contributed by atoms with Gasteiger partial charge in [-0.25, -0.2) is 0 Å². The topological polar surface area (TPSA) is 23.6 Å². The molecule has 0 aliphatic carbocycles. The number of benzene rings is 1. The Morgan fingerprint density at radius 2 is 2.04 bits per heavy atom. The molecule has 0 N–H and O–H groups in total. The second-order valence-corrected chi connectivity index (χ2v) is 7.91. The largest absolute Gasteiger partial charge is 0.340 e. The molecule has 0 radical (unpaired) electrons. The van der Waals surface area contributed by atoms with Crippen molar-refractivity contribution in [1.29, 1.82) is 0 Å². The van der Waals surface area contributed by atoms with E-state index in [9.17, 15) is 4.79 Å². The number of likely N-dealkylation sites (tertiary alicyclic amines) is 1. The first-order valence-electron chi connectivity index (χ1n) is 8.61. The first-order chi connectivity index (χ1) is 11.5. The van der Waals surface area contributed by atoms with Crippen molar-refractivity contribution in [2.24, 2.45) is 0 Å². The summed E-state index contributed by atoms with van der Waals surface area (Å²) in [6, 6.07) is 11.3. The van der Waals surface area contributed by atoms with Crippen molar-refractivity contribution >= 4 is 17.2 Å². The molecule has 1 fully saturated rings. The monoisotopic (exact) mass is 342 g/mol. The van der Waals surface area contributed by atoms with Gasteiger partial charge in [-0.15, -0.1) is 11.3 Å². The summed E-state index contributed by atoms with van der Waals surface area (Å²) < 4.78 is 0. The molecule has 3 rings (SSSR count). The zero-order valence-electron chi connectivity index (χ0n) is 14.8. The molecule has 24 heavy (non-hydrogen) atoms. The molecule has 1 unspecified atom stereocenters. The van der Waals surface area contributed by atoms with Crippen LogP contribution in [0.15, 0.2) is 35.7 Å². The number of likely N-dealkylation sites (N-methyl/N-ethyl adjacent to an activating group) is 1. The predicted molar refractivity (Wildman–Crippen MR) is 100 cm³/mol. The molecular formula is C20H26N2OS. The van der Waals surface area contributed by atoms with Crippen LogP contribution in [0.25, 0.3) is 0 Å². The minimum Gasteiger partial charge on any atom is -0.340 e. The third-order valence-corrected chi connectivity index (χ3v) is 5.59. The maximum atomic E-state index is 12.6. The fourth-order valence-electron chi connectivity index (χ4n) is 3.61. The van der Waals surface area contributed by atoms with Crippen LogP contribution in [0.3, 0.4) is 0 Å². The zero-order chi connectivity index (χ0) is 17.1. The van der Waals surface area contributed by atoms with Crippen LogP contribution in [0.1, 0.15) is 40.5 Å². The van der Waals surface area contributed by atoms with Crippen molar-refractivity contribution in [3.8, 4) is 0 Å². The molecule has 128 valence electrons.